The number of halogens is 1. The number of fused-ring (bicyclic) bond motifs is 1. The lowest BCUT2D eigenvalue weighted by Gasteiger charge is -2.09. The van der Waals surface area contributed by atoms with Crippen LogP contribution in [0.5, 0.6) is 0 Å². The summed E-state index contributed by atoms with van der Waals surface area (Å²) in [6, 6.07) is 1.78. The molecule has 0 aliphatic heterocycles. The number of hydrogen-bond acceptors (Lipinski definition) is 5. The van der Waals surface area contributed by atoms with Gasteiger partial charge in [0.1, 0.15) is 0 Å². The first kappa shape index (κ1) is 11.0. The second-order valence-corrected chi connectivity index (χ2v) is 3.85. The molecule has 0 spiro atoms. The van der Waals surface area contributed by atoms with E-state index >= 15 is 0 Å². The molecule has 6 heteroatoms. The minimum Gasteiger partial charge on any atom is -0.392 e. The summed E-state index contributed by atoms with van der Waals surface area (Å²) in [6.45, 7) is 2.09. The Morgan fingerprint density at radius 3 is 3.00 bits per heavy atom. The number of hydrogen-bond donors (Lipinski definition) is 2. The monoisotopic (exact) mass is 238 g/mol. The van der Waals surface area contributed by atoms with E-state index in [9.17, 15) is 5.11 Å². The summed E-state index contributed by atoms with van der Waals surface area (Å²) in [5, 5.41) is 21.9. The average molecular weight is 239 g/mol. The fraction of sp³-hybridized carbons (Fsp3) is 0.300. The zero-order chi connectivity index (χ0) is 11.5. The lowest BCUT2D eigenvalue weighted by molar-refractivity contribution is 0.208. The largest absolute Gasteiger partial charge is 0.392 e. The van der Waals surface area contributed by atoms with Gasteiger partial charge in [0.25, 0.3) is 0 Å². The maximum atomic E-state index is 9.19. The van der Waals surface area contributed by atoms with E-state index in [-0.39, 0.29) is 0 Å². The van der Waals surface area contributed by atoms with E-state index in [1.54, 1.807) is 25.4 Å². The summed E-state index contributed by atoms with van der Waals surface area (Å²) in [4.78, 5) is 4.01. The maximum absolute atomic E-state index is 9.19. The molecule has 2 heterocycles. The van der Waals surface area contributed by atoms with Crippen molar-refractivity contribution >= 4 is 28.2 Å². The Labute approximate surface area is 97.5 Å². The molecule has 0 saturated heterocycles. The number of nitrogens with one attached hydrogen (secondary N) is 1. The molecule has 2 rings (SSSR count). The molecule has 0 unspecified atom stereocenters. The van der Waals surface area contributed by atoms with Crippen LogP contribution in [0.15, 0.2) is 18.5 Å². The van der Waals surface area contributed by atoms with E-state index in [0.29, 0.717) is 17.5 Å². The zero-order valence-corrected chi connectivity index (χ0v) is 9.44. The fourth-order valence-corrected chi connectivity index (χ4v) is 1.54. The standard InChI is InChI=1S/C10H11ClN4O/c1-6(16)4-13-10-8-5-12-3-2-7(8)9(11)14-15-10/h2-3,5-6,16H,4H2,1H3,(H,13,15)/t6-/m1/s1. The van der Waals surface area contributed by atoms with Gasteiger partial charge in [0.15, 0.2) is 11.0 Å². The Balaban J connectivity index is 2.42. The van der Waals surface area contributed by atoms with Crippen LogP contribution in [0.1, 0.15) is 6.92 Å². The first-order valence-electron chi connectivity index (χ1n) is 4.86. The molecule has 2 aromatic rings. The SMILES string of the molecule is C[C@@H](O)CNc1nnc(Cl)c2ccncc12. The van der Waals surface area contributed by atoms with Gasteiger partial charge in [-0.3, -0.25) is 4.98 Å². The number of aliphatic hydroxyl groups is 1. The number of aromatic nitrogens is 3. The number of rotatable bonds is 3. The molecule has 0 fully saturated rings. The molecule has 0 aliphatic carbocycles. The molecule has 16 heavy (non-hydrogen) atoms. The Hall–Kier alpha value is -1.46. The molecular weight excluding hydrogens is 228 g/mol. The Morgan fingerprint density at radius 1 is 1.44 bits per heavy atom. The van der Waals surface area contributed by atoms with Crippen LogP contribution in [-0.4, -0.2) is 32.9 Å². The van der Waals surface area contributed by atoms with Crippen molar-refractivity contribution in [3.63, 3.8) is 0 Å². The molecule has 2 N–H and O–H groups in total. The molecule has 0 saturated carbocycles. The minimum atomic E-state index is -0.454. The Morgan fingerprint density at radius 2 is 2.25 bits per heavy atom. The predicted molar refractivity (Wildman–Crippen MR) is 62.5 cm³/mol. The van der Waals surface area contributed by atoms with Crippen molar-refractivity contribution in [2.75, 3.05) is 11.9 Å². The van der Waals surface area contributed by atoms with Crippen LogP contribution in [0, 0.1) is 0 Å². The topological polar surface area (TPSA) is 70.9 Å². The predicted octanol–water partition coefficient (Wildman–Crippen LogP) is 1.47. The zero-order valence-electron chi connectivity index (χ0n) is 8.68. The highest BCUT2D eigenvalue weighted by atomic mass is 35.5. The highest BCUT2D eigenvalue weighted by Crippen LogP contribution is 2.24. The van der Waals surface area contributed by atoms with Crippen molar-refractivity contribution in [2.45, 2.75) is 13.0 Å². The summed E-state index contributed by atoms with van der Waals surface area (Å²) in [5.74, 6) is 0.577. The Kier molecular flexibility index (Phi) is 3.17. The highest BCUT2D eigenvalue weighted by Gasteiger charge is 2.07. The van der Waals surface area contributed by atoms with Crippen LogP contribution < -0.4 is 5.32 Å². The summed E-state index contributed by atoms with van der Waals surface area (Å²) < 4.78 is 0. The third-order valence-corrected chi connectivity index (χ3v) is 2.38. The molecule has 1 atom stereocenters. The van der Waals surface area contributed by atoms with Crippen molar-refractivity contribution in [2.24, 2.45) is 0 Å². The number of pyridine rings is 1. The second-order valence-electron chi connectivity index (χ2n) is 3.49. The highest BCUT2D eigenvalue weighted by molar-refractivity contribution is 6.34. The van der Waals surface area contributed by atoms with Crippen LogP contribution in [-0.2, 0) is 0 Å². The molecule has 5 nitrogen and oxygen atoms in total. The van der Waals surface area contributed by atoms with E-state index in [0.717, 1.165) is 10.8 Å². The molecule has 0 aliphatic rings. The third kappa shape index (κ3) is 2.20. The van der Waals surface area contributed by atoms with Gasteiger partial charge in [0, 0.05) is 29.7 Å². The summed E-state index contributed by atoms with van der Waals surface area (Å²) in [6.07, 6.45) is 2.86. The fourth-order valence-electron chi connectivity index (χ4n) is 1.34. The Bertz CT molecular complexity index is 503. The van der Waals surface area contributed by atoms with Gasteiger partial charge in [0.05, 0.1) is 6.10 Å². The van der Waals surface area contributed by atoms with Crippen LogP contribution in [0.2, 0.25) is 5.15 Å². The van der Waals surface area contributed by atoms with Crippen LogP contribution in [0.3, 0.4) is 0 Å². The van der Waals surface area contributed by atoms with Crippen molar-refractivity contribution in [1.29, 1.82) is 0 Å². The number of anilines is 1. The average Bonchev–Trinajstić information content (AvgIpc) is 2.28. The van der Waals surface area contributed by atoms with Gasteiger partial charge < -0.3 is 10.4 Å². The minimum absolute atomic E-state index is 0.347. The van der Waals surface area contributed by atoms with Crippen molar-refractivity contribution in [3.8, 4) is 0 Å². The quantitative estimate of drug-likeness (QED) is 0.847. The lowest BCUT2D eigenvalue weighted by atomic mass is 10.2. The summed E-state index contributed by atoms with van der Waals surface area (Å²) in [7, 11) is 0. The van der Waals surface area contributed by atoms with Crippen LogP contribution >= 0.6 is 11.6 Å². The van der Waals surface area contributed by atoms with E-state index in [4.69, 9.17) is 11.6 Å². The smallest absolute Gasteiger partial charge is 0.159 e. The van der Waals surface area contributed by atoms with Gasteiger partial charge in [-0.15, -0.1) is 10.2 Å². The van der Waals surface area contributed by atoms with E-state index in [1.807, 2.05) is 0 Å². The first-order valence-corrected chi connectivity index (χ1v) is 5.24. The molecule has 0 radical (unpaired) electrons. The van der Waals surface area contributed by atoms with Crippen LogP contribution in [0.25, 0.3) is 10.8 Å². The molecule has 0 amide bonds. The van der Waals surface area contributed by atoms with Crippen molar-refractivity contribution in [3.05, 3.63) is 23.6 Å². The molecular formula is C10H11ClN4O. The summed E-state index contributed by atoms with van der Waals surface area (Å²) in [5.41, 5.74) is 0. The number of aliphatic hydroxyl groups excluding tert-OH is 1. The molecule has 84 valence electrons. The maximum Gasteiger partial charge on any atom is 0.159 e. The van der Waals surface area contributed by atoms with Gasteiger partial charge in [-0.1, -0.05) is 11.6 Å². The van der Waals surface area contributed by atoms with E-state index < -0.39 is 6.10 Å². The summed E-state index contributed by atoms with van der Waals surface area (Å²) >= 11 is 5.91. The third-order valence-electron chi connectivity index (χ3n) is 2.10. The first-order chi connectivity index (χ1) is 7.68. The van der Waals surface area contributed by atoms with E-state index in [1.165, 1.54) is 0 Å². The van der Waals surface area contributed by atoms with Gasteiger partial charge in [-0.2, -0.15) is 0 Å². The lowest BCUT2D eigenvalue weighted by Crippen LogP contribution is -2.16. The molecule has 0 aromatic carbocycles. The van der Waals surface area contributed by atoms with Crippen molar-refractivity contribution in [1.82, 2.24) is 15.2 Å². The van der Waals surface area contributed by atoms with Gasteiger partial charge in [-0.25, -0.2) is 0 Å². The second kappa shape index (κ2) is 4.59. The molecule has 2 aromatic heterocycles. The molecule has 0 bridgehead atoms. The van der Waals surface area contributed by atoms with E-state index in [2.05, 4.69) is 20.5 Å². The normalized spacial score (nSPS) is 12.7. The van der Waals surface area contributed by atoms with Gasteiger partial charge >= 0.3 is 0 Å². The van der Waals surface area contributed by atoms with Crippen LogP contribution in [0.4, 0.5) is 5.82 Å². The van der Waals surface area contributed by atoms with Gasteiger partial charge in [-0.05, 0) is 13.0 Å². The van der Waals surface area contributed by atoms with Crippen molar-refractivity contribution < 1.29 is 5.11 Å². The van der Waals surface area contributed by atoms with Gasteiger partial charge in [0.2, 0.25) is 0 Å². The number of nitrogens with zero attached hydrogens (tertiary/aromatic N) is 3.